The van der Waals surface area contributed by atoms with Crippen molar-refractivity contribution in [3.63, 3.8) is 0 Å². The fourth-order valence-electron chi connectivity index (χ4n) is 1.72. The molecular formula is C13H8FNS. The smallest absolute Gasteiger partial charge is 0.123 e. The predicted molar refractivity (Wildman–Crippen MR) is 65.0 cm³/mol. The summed E-state index contributed by atoms with van der Waals surface area (Å²) in [7, 11) is 0. The summed E-state index contributed by atoms with van der Waals surface area (Å²) in [6, 6.07) is 10.5. The first kappa shape index (κ1) is 9.48. The Bertz CT molecular complexity index is 628. The van der Waals surface area contributed by atoms with Gasteiger partial charge in [0.05, 0.1) is 0 Å². The molecule has 0 bridgehead atoms. The van der Waals surface area contributed by atoms with E-state index in [0.717, 1.165) is 21.3 Å². The molecule has 0 unspecified atom stereocenters. The number of rotatable bonds is 1. The first-order valence-corrected chi connectivity index (χ1v) is 5.81. The number of benzene rings is 1. The maximum Gasteiger partial charge on any atom is 0.123 e. The molecule has 1 aromatic carbocycles. The van der Waals surface area contributed by atoms with Crippen LogP contribution >= 0.6 is 11.3 Å². The summed E-state index contributed by atoms with van der Waals surface area (Å²) in [6.07, 6.45) is 1.78. The largest absolute Gasteiger partial charge is 0.245 e. The molecule has 3 heteroatoms. The third-order valence-corrected chi connectivity index (χ3v) is 3.41. The highest BCUT2D eigenvalue weighted by Crippen LogP contribution is 2.32. The topological polar surface area (TPSA) is 12.9 Å². The molecule has 0 atom stereocenters. The Hall–Kier alpha value is -1.74. The molecule has 0 aliphatic rings. The zero-order chi connectivity index (χ0) is 11.0. The van der Waals surface area contributed by atoms with Gasteiger partial charge in [-0.1, -0.05) is 12.1 Å². The summed E-state index contributed by atoms with van der Waals surface area (Å²) < 4.78 is 12.8. The van der Waals surface area contributed by atoms with Crippen LogP contribution in [-0.2, 0) is 0 Å². The molecular weight excluding hydrogens is 221 g/mol. The van der Waals surface area contributed by atoms with Crippen molar-refractivity contribution in [2.75, 3.05) is 0 Å². The molecule has 2 aromatic heterocycles. The molecule has 0 N–H and O–H groups in total. The Labute approximate surface area is 96.2 Å². The summed E-state index contributed by atoms with van der Waals surface area (Å²) in [5, 5.41) is 3.18. The zero-order valence-electron chi connectivity index (χ0n) is 8.35. The van der Waals surface area contributed by atoms with Crippen LogP contribution in [0.4, 0.5) is 4.39 Å². The van der Waals surface area contributed by atoms with Gasteiger partial charge in [-0.3, -0.25) is 0 Å². The lowest BCUT2D eigenvalue weighted by atomic mass is 10.1. The second kappa shape index (κ2) is 3.68. The first-order valence-electron chi connectivity index (χ1n) is 4.93. The molecule has 1 nitrogen and oxygen atoms in total. The van der Waals surface area contributed by atoms with Gasteiger partial charge in [0.2, 0.25) is 0 Å². The van der Waals surface area contributed by atoms with Gasteiger partial charge in [0.1, 0.15) is 10.6 Å². The van der Waals surface area contributed by atoms with Crippen molar-refractivity contribution < 1.29 is 4.39 Å². The van der Waals surface area contributed by atoms with E-state index in [2.05, 4.69) is 10.4 Å². The molecule has 0 fully saturated rings. The second-order valence-corrected chi connectivity index (χ2v) is 4.37. The highest BCUT2D eigenvalue weighted by atomic mass is 32.1. The van der Waals surface area contributed by atoms with E-state index in [-0.39, 0.29) is 5.82 Å². The van der Waals surface area contributed by atoms with Crippen LogP contribution in [-0.4, -0.2) is 4.98 Å². The number of hydrogen-bond acceptors (Lipinski definition) is 2. The van der Waals surface area contributed by atoms with E-state index in [1.165, 1.54) is 12.1 Å². The number of aromatic nitrogens is 1. The average Bonchev–Trinajstić information content (AvgIpc) is 2.74. The van der Waals surface area contributed by atoms with E-state index < -0.39 is 0 Å². The lowest BCUT2D eigenvalue weighted by molar-refractivity contribution is 0.628. The average molecular weight is 229 g/mol. The number of nitrogens with zero attached hydrogens (tertiary/aromatic N) is 1. The maximum absolute atomic E-state index is 12.8. The van der Waals surface area contributed by atoms with Gasteiger partial charge >= 0.3 is 0 Å². The van der Waals surface area contributed by atoms with E-state index in [1.54, 1.807) is 29.7 Å². The predicted octanol–water partition coefficient (Wildman–Crippen LogP) is 4.10. The van der Waals surface area contributed by atoms with Gasteiger partial charge in [-0.2, -0.15) is 0 Å². The molecule has 0 spiro atoms. The van der Waals surface area contributed by atoms with Crippen molar-refractivity contribution >= 4 is 21.6 Å². The summed E-state index contributed by atoms with van der Waals surface area (Å²) >= 11 is 1.61. The minimum Gasteiger partial charge on any atom is -0.245 e. The molecule has 0 radical (unpaired) electrons. The Balaban J connectivity index is 2.22. The molecule has 0 amide bonds. The van der Waals surface area contributed by atoms with Gasteiger partial charge < -0.3 is 0 Å². The van der Waals surface area contributed by atoms with Gasteiger partial charge in [-0.25, -0.2) is 9.37 Å². The first-order chi connectivity index (χ1) is 7.84. The van der Waals surface area contributed by atoms with Gasteiger partial charge in [-0.15, -0.1) is 11.3 Å². The Morgan fingerprint density at radius 1 is 1.06 bits per heavy atom. The quantitative estimate of drug-likeness (QED) is 0.612. The molecule has 0 saturated heterocycles. The van der Waals surface area contributed by atoms with E-state index in [9.17, 15) is 4.39 Å². The lowest BCUT2D eigenvalue weighted by Gasteiger charge is -1.98. The van der Waals surface area contributed by atoms with E-state index in [0.29, 0.717) is 0 Å². The highest BCUT2D eigenvalue weighted by Gasteiger charge is 2.06. The third kappa shape index (κ3) is 1.49. The van der Waals surface area contributed by atoms with Crippen LogP contribution in [0.3, 0.4) is 0 Å². The third-order valence-electron chi connectivity index (χ3n) is 2.50. The Morgan fingerprint density at radius 2 is 1.88 bits per heavy atom. The number of thiophene rings is 1. The van der Waals surface area contributed by atoms with Crippen LogP contribution in [0, 0.1) is 5.82 Å². The maximum atomic E-state index is 12.8. The van der Waals surface area contributed by atoms with Crippen molar-refractivity contribution in [2.24, 2.45) is 0 Å². The zero-order valence-corrected chi connectivity index (χ0v) is 9.17. The number of fused-ring (bicyclic) bond motifs is 1. The van der Waals surface area contributed by atoms with Crippen molar-refractivity contribution in [2.45, 2.75) is 0 Å². The SMILES string of the molecule is Fc1ccc(-c2csc3ncccc23)cc1. The van der Waals surface area contributed by atoms with Crippen molar-refractivity contribution in [3.8, 4) is 11.1 Å². The molecule has 0 saturated carbocycles. The van der Waals surface area contributed by atoms with E-state index in [4.69, 9.17) is 0 Å². The second-order valence-electron chi connectivity index (χ2n) is 3.51. The minimum absolute atomic E-state index is 0.207. The van der Waals surface area contributed by atoms with Gasteiger partial charge in [0, 0.05) is 22.5 Å². The van der Waals surface area contributed by atoms with E-state index >= 15 is 0 Å². The van der Waals surface area contributed by atoms with Crippen LogP contribution in [0.25, 0.3) is 21.3 Å². The van der Waals surface area contributed by atoms with Crippen LogP contribution in [0.5, 0.6) is 0 Å². The molecule has 0 aliphatic heterocycles. The molecule has 0 aliphatic carbocycles. The summed E-state index contributed by atoms with van der Waals surface area (Å²) in [5.41, 5.74) is 2.15. The normalized spacial score (nSPS) is 10.8. The molecule has 3 rings (SSSR count). The van der Waals surface area contributed by atoms with Gasteiger partial charge in [-0.05, 0) is 29.8 Å². The van der Waals surface area contributed by atoms with Crippen LogP contribution < -0.4 is 0 Å². The molecule has 2 heterocycles. The van der Waals surface area contributed by atoms with E-state index in [1.807, 2.05) is 12.1 Å². The Morgan fingerprint density at radius 3 is 2.69 bits per heavy atom. The van der Waals surface area contributed by atoms with Crippen molar-refractivity contribution in [3.05, 3.63) is 53.8 Å². The number of halogens is 1. The molecule has 3 aromatic rings. The van der Waals surface area contributed by atoms with Gasteiger partial charge in [0.25, 0.3) is 0 Å². The number of hydrogen-bond donors (Lipinski definition) is 0. The molecule has 16 heavy (non-hydrogen) atoms. The fraction of sp³-hybridized carbons (Fsp3) is 0. The summed E-state index contributed by atoms with van der Waals surface area (Å²) in [6.45, 7) is 0. The Kier molecular flexibility index (Phi) is 2.18. The molecule has 78 valence electrons. The summed E-state index contributed by atoms with van der Waals surface area (Å²) in [5.74, 6) is -0.207. The minimum atomic E-state index is -0.207. The van der Waals surface area contributed by atoms with Crippen molar-refractivity contribution in [1.29, 1.82) is 0 Å². The standard InChI is InChI=1S/C13H8FNS/c14-10-5-3-9(4-6-10)12-8-16-13-11(12)2-1-7-15-13/h1-8H. The van der Waals surface area contributed by atoms with Crippen LogP contribution in [0.15, 0.2) is 48.0 Å². The monoisotopic (exact) mass is 229 g/mol. The van der Waals surface area contributed by atoms with Crippen LogP contribution in [0.1, 0.15) is 0 Å². The summed E-state index contributed by atoms with van der Waals surface area (Å²) in [4.78, 5) is 5.30. The lowest BCUT2D eigenvalue weighted by Crippen LogP contribution is -1.77. The highest BCUT2D eigenvalue weighted by molar-refractivity contribution is 7.17. The van der Waals surface area contributed by atoms with Crippen molar-refractivity contribution in [1.82, 2.24) is 4.98 Å². The fourth-order valence-corrected chi connectivity index (χ4v) is 2.64. The number of pyridine rings is 1. The van der Waals surface area contributed by atoms with Crippen LogP contribution in [0.2, 0.25) is 0 Å². The van der Waals surface area contributed by atoms with Gasteiger partial charge in [0.15, 0.2) is 0 Å².